The van der Waals surface area contributed by atoms with Gasteiger partial charge in [0.25, 0.3) is 0 Å². The third-order valence-corrected chi connectivity index (χ3v) is 2.86. The molecule has 0 aliphatic heterocycles. The molecule has 0 radical (unpaired) electrons. The van der Waals surface area contributed by atoms with Crippen molar-refractivity contribution >= 4 is 11.0 Å². The Hall–Kier alpha value is -1.42. The predicted molar refractivity (Wildman–Crippen MR) is 65.5 cm³/mol. The van der Waals surface area contributed by atoms with Crippen LogP contribution in [0.15, 0.2) is 18.5 Å². The van der Waals surface area contributed by atoms with Crippen LogP contribution in [0.5, 0.6) is 0 Å². The van der Waals surface area contributed by atoms with E-state index in [0.29, 0.717) is 5.92 Å². The van der Waals surface area contributed by atoms with Crippen LogP contribution in [0.4, 0.5) is 0 Å². The average Bonchev–Trinajstić information content (AvgIpc) is 2.64. The number of hydrogen-bond donors (Lipinski definition) is 1. The summed E-state index contributed by atoms with van der Waals surface area (Å²) in [5.41, 5.74) is 2.12. The summed E-state index contributed by atoms with van der Waals surface area (Å²) in [6, 6.07) is 2.01. The van der Waals surface area contributed by atoms with Gasteiger partial charge in [0.2, 0.25) is 0 Å². The van der Waals surface area contributed by atoms with Gasteiger partial charge in [-0.3, -0.25) is 4.98 Å². The molecule has 2 aromatic heterocycles. The number of likely N-dealkylation sites (N-methyl/N-ethyl adjacent to an activating group) is 1. The molecule has 0 saturated carbocycles. The summed E-state index contributed by atoms with van der Waals surface area (Å²) in [4.78, 5) is 8.72. The highest BCUT2D eigenvalue weighted by Gasteiger charge is 2.13. The van der Waals surface area contributed by atoms with Crippen molar-refractivity contribution < 1.29 is 0 Å². The van der Waals surface area contributed by atoms with E-state index in [9.17, 15) is 0 Å². The number of aromatic nitrogens is 3. The molecular formula is C12H18N4. The first-order chi connectivity index (χ1) is 7.74. The zero-order valence-electron chi connectivity index (χ0n) is 10.1. The Kier molecular flexibility index (Phi) is 3.19. The molecular weight excluding hydrogens is 200 g/mol. The molecule has 2 aromatic rings. The van der Waals surface area contributed by atoms with Gasteiger partial charge in [0.1, 0.15) is 11.3 Å². The molecule has 4 heteroatoms. The van der Waals surface area contributed by atoms with E-state index in [1.54, 1.807) is 0 Å². The predicted octanol–water partition coefficient (Wildman–Crippen LogP) is 1.68. The summed E-state index contributed by atoms with van der Waals surface area (Å²) in [7, 11) is 2.06. The molecule has 86 valence electrons. The van der Waals surface area contributed by atoms with Crippen molar-refractivity contribution in [3.05, 3.63) is 24.3 Å². The topological polar surface area (TPSA) is 42.7 Å². The van der Waals surface area contributed by atoms with Crippen LogP contribution in [0.2, 0.25) is 0 Å². The first kappa shape index (κ1) is 11.1. The Morgan fingerprint density at radius 3 is 3.00 bits per heavy atom. The number of pyridine rings is 1. The Bertz CT molecular complexity index is 475. The molecule has 0 spiro atoms. The average molecular weight is 218 g/mol. The van der Waals surface area contributed by atoms with Gasteiger partial charge >= 0.3 is 0 Å². The van der Waals surface area contributed by atoms with E-state index in [1.807, 2.05) is 18.5 Å². The van der Waals surface area contributed by atoms with Crippen molar-refractivity contribution in [2.24, 2.45) is 7.05 Å². The number of imidazole rings is 1. The molecule has 1 N–H and O–H groups in total. The van der Waals surface area contributed by atoms with Gasteiger partial charge in [0.05, 0.1) is 11.7 Å². The third-order valence-electron chi connectivity index (χ3n) is 2.86. The number of aryl methyl sites for hydroxylation is 1. The zero-order chi connectivity index (χ0) is 11.5. The van der Waals surface area contributed by atoms with Gasteiger partial charge in [-0.1, -0.05) is 13.8 Å². The second kappa shape index (κ2) is 4.61. The smallest absolute Gasteiger partial charge is 0.113 e. The summed E-state index contributed by atoms with van der Waals surface area (Å²) >= 11 is 0. The van der Waals surface area contributed by atoms with Crippen molar-refractivity contribution in [3.63, 3.8) is 0 Å². The Morgan fingerprint density at radius 2 is 2.31 bits per heavy atom. The number of rotatable bonds is 4. The first-order valence-corrected chi connectivity index (χ1v) is 5.71. The van der Waals surface area contributed by atoms with Gasteiger partial charge in [-0.25, -0.2) is 4.98 Å². The maximum Gasteiger partial charge on any atom is 0.113 e. The van der Waals surface area contributed by atoms with Crippen molar-refractivity contribution in [3.8, 4) is 0 Å². The van der Waals surface area contributed by atoms with Gasteiger partial charge in [0, 0.05) is 25.7 Å². The standard InChI is InChI=1S/C12H18N4/c1-4-13-7-9(2)12-15-10-8-14-6-5-11(10)16(12)3/h5-6,8-9,13H,4,7H2,1-3H3. The fourth-order valence-corrected chi connectivity index (χ4v) is 1.96. The number of hydrogen-bond acceptors (Lipinski definition) is 3. The van der Waals surface area contributed by atoms with Crippen molar-refractivity contribution in [2.75, 3.05) is 13.1 Å². The fraction of sp³-hybridized carbons (Fsp3) is 0.500. The van der Waals surface area contributed by atoms with Gasteiger partial charge < -0.3 is 9.88 Å². The highest BCUT2D eigenvalue weighted by molar-refractivity contribution is 5.74. The second-order valence-electron chi connectivity index (χ2n) is 4.10. The van der Waals surface area contributed by atoms with Crippen molar-refractivity contribution in [2.45, 2.75) is 19.8 Å². The van der Waals surface area contributed by atoms with Crippen LogP contribution in [0.3, 0.4) is 0 Å². The minimum absolute atomic E-state index is 0.414. The van der Waals surface area contributed by atoms with Gasteiger partial charge in [-0.15, -0.1) is 0 Å². The molecule has 0 bridgehead atoms. The quantitative estimate of drug-likeness (QED) is 0.849. The lowest BCUT2D eigenvalue weighted by Crippen LogP contribution is -2.21. The van der Waals surface area contributed by atoms with Crippen LogP contribution in [-0.4, -0.2) is 27.6 Å². The molecule has 0 aliphatic rings. The Morgan fingerprint density at radius 1 is 1.50 bits per heavy atom. The van der Waals surface area contributed by atoms with Crippen LogP contribution in [0.1, 0.15) is 25.6 Å². The molecule has 0 fully saturated rings. The SMILES string of the molecule is CCNCC(C)c1nc2cnccc2n1C. The fourth-order valence-electron chi connectivity index (χ4n) is 1.96. The molecule has 1 atom stereocenters. The maximum atomic E-state index is 4.63. The van der Waals surface area contributed by atoms with Gasteiger partial charge in [0.15, 0.2) is 0 Å². The van der Waals surface area contributed by atoms with Gasteiger partial charge in [-0.05, 0) is 12.6 Å². The van der Waals surface area contributed by atoms with E-state index in [0.717, 1.165) is 29.9 Å². The van der Waals surface area contributed by atoms with Gasteiger partial charge in [-0.2, -0.15) is 0 Å². The molecule has 16 heavy (non-hydrogen) atoms. The number of fused-ring (bicyclic) bond motifs is 1. The molecule has 0 aliphatic carbocycles. The number of nitrogens with zero attached hydrogens (tertiary/aromatic N) is 3. The molecule has 0 amide bonds. The third kappa shape index (κ3) is 1.93. The summed E-state index contributed by atoms with van der Waals surface area (Å²) in [5.74, 6) is 1.53. The van der Waals surface area contributed by atoms with Crippen LogP contribution in [0.25, 0.3) is 11.0 Å². The van der Waals surface area contributed by atoms with Crippen LogP contribution < -0.4 is 5.32 Å². The van der Waals surface area contributed by atoms with E-state index in [4.69, 9.17) is 0 Å². The van der Waals surface area contributed by atoms with Crippen molar-refractivity contribution in [1.82, 2.24) is 19.9 Å². The summed E-state index contributed by atoms with van der Waals surface area (Å²) in [6.45, 7) is 6.26. The lowest BCUT2D eigenvalue weighted by molar-refractivity contribution is 0.593. The van der Waals surface area contributed by atoms with E-state index in [-0.39, 0.29) is 0 Å². The highest BCUT2D eigenvalue weighted by atomic mass is 15.1. The summed E-state index contributed by atoms with van der Waals surface area (Å²) in [5, 5.41) is 3.35. The Balaban J connectivity index is 2.33. The van der Waals surface area contributed by atoms with E-state index < -0.39 is 0 Å². The second-order valence-corrected chi connectivity index (χ2v) is 4.10. The molecule has 1 unspecified atom stereocenters. The van der Waals surface area contributed by atoms with Crippen molar-refractivity contribution in [1.29, 1.82) is 0 Å². The highest BCUT2D eigenvalue weighted by Crippen LogP contribution is 2.19. The van der Waals surface area contributed by atoms with Crippen LogP contribution >= 0.6 is 0 Å². The molecule has 2 heterocycles. The Labute approximate surface area is 95.7 Å². The van der Waals surface area contributed by atoms with Crippen LogP contribution in [0, 0.1) is 0 Å². The lowest BCUT2D eigenvalue weighted by atomic mass is 10.1. The molecule has 2 rings (SSSR count). The monoisotopic (exact) mass is 218 g/mol. The maximum absolute atomic E-state index is 4.63. The minimum atomic E-state index is 0.414. The molecule has 4 nitrogen and oxygen atoms in total. The summed E-state index contributed by atoms with van der Waals surface area (Å²) < 4.78 is 2.15. The van der Waals surface area contributed by atoms with Crippen LogP contribution in [-0.2, 0) is 7.05 Å². The van der Waals surface area contributed by atoms with E-state index in [2.05, 4.69) is 40.7 Å². The number of nitrogens with one attached hydrogen (secondary N) is 1. The summed E-state index contributed by atoms with van der Waals surface area (Å²) in [6.07, 6.45) is 3.63. The van der Waals surface area contributed by atoms with E-state index in [1.165, 1.54) is 0 Å². The molecule has 0 aromatic carbocycles. The largest absolute Gasteiger partial charge is 0.331 e. The first-order valence-electron chi connectivity index (χ1n) is 5.71. The normalized spacial score (nSPS) is 13.2. The lowest BCUT2D eigenvalue weighted by Gasteiger charge is -2.11. The molecule has 0 saturated heterocycles. The van der Waals surface area contributed by atoms with E-state index >= 15 is 0 Å². The zero-order valence-corrected chi connectivity index (χ0v) is 10.1. The minimum Gasteiger partial charge on any atom is -0.331 e.